The zero-order valence-electron chi connectivity index (χ0n) is 20.0. The van der Waals surface area contributed by atoms with E-state index in [1.807, 2.05) is 31.3 Å². The van der Waals surface area contributed by atoms with Crippen LogP contribution in [0.25, 0.3) is 11.0 Å². The first kappa shape index (κ1) is 23.9. The summed E-state index contributed by atoms with van der Waals surface area (Å²) >= 11 is 0. The van der Waals surface area contributed by atoms with Crippen molar-refractivity contribution in [2.24, 2.45) is 7.05 Å². The number of nitrogens with zero attached hydrogens (tertiary/aromatic N) is 4. The lowest BCUT2D eigenvalue weighted by molar-refractivity contribution is -0.149. The Morgan fingerprint density at radius 1 is 1.15 bits per heavy atom. The third-order valence-corrected chi connectivity index (χ3v) is 5.74. The molecule has 182 valence electrons. The second-order valence-corrected chi connectivity index (χ2v) is 8.51. The summed E-state index contributed by atoms with van der Waals surface area (Å²) in [6.45, 7) is 4.95. The maximum Gasteiger partial charge on any atom is 0.333 e. The maximum absolute atomic E-state index is 11.3. The molecule has 0 unspecified atom stereocenters. The standard InChI is InChI=1S/C25H32N4O5/c1-4-6-19-21-22(29(3)28-19)24(27-23(26-21)17-9-10-17)34-14-13-33-18-11-7-16(8-12-18)15-20(25(30)31)32-5-2/h7-8,11-12,17,20H,4-6,9-10,13-15H2,1-3H3,(H,30,31)/t20-/m0/s1. The van der Waals surface area contributed by atoms with Gasteiger partial charge in [0.1, 0.15) is 35.8 Å². The van der Waals surface area contributed by atoms with Crippen LogP contribution in [0.15, 0.2) is 24.3 Å². The number of carboxylic acid groups (broad SMARTS) is 1. The molecule has 1 aliphatic carbocycles. The van der Waals surface area contributed by atoms with Gasteiger partial charge in [-0.25, -0.2) is 9.78 Å². The Balaban J connectivity index is 1.37. The summed E-state index contributed by atoms with van der Waals surface area (Å²) in [7, 11) is 1.90. The van der Waals surface area contributed by atoms with Crippen molar-refractivity contribution in [2.45, 2.75) is 58.0 Å². The monoisotopic (exact) mass is 468 g/mol. The summed E-state index contributed by atoms with van der Waals surface area (Å²) in [6, 6.07) is 7.36. The molecular formula is C25H32N4O5. The van der Waals surface area contributed by atoms with Crippen LogP contribution in [-0.4, -0.2) is 56.7 Å². The van der Waals surface area contributed by atoms with E-state index in [0.29, 0.717) is 43.8 Å². The molecule has 0 radical (unpaired) electrons. The highest BCUT2D eigenvalue weighted by Gasteiger charge is 2.29. The second kappa shape index (κ2) is 10.8. The molecule has 0 spiro atoms. The molecule has 0 amide bonds. The fourth-order valence-corrected chi connectivity index (χ4v) is 3.90. The van der Waals surface area contributed by atoms with E-state index >= 15 is 0 Å². The highest BCUT2D eigenvalue weighted by Crippen LogP contribution is 2.40. The number of aliphatic carboxylic acids is 1. The Morgan fingerprint density at radius 3 is 2.53 bits per heavy atom. The van der Waals surface area contributed by atoms with E-state index in [4.69, 9.17) is 24.2 Å². The smallest absolute Gasteiger partial charge is 0.333 e. The first-order valence-corrected chi connectivity index (χ1v) is 11.9. The SMILES string of the molecule is CCCc1nn(C)c2c(OCCOc3ccc(C[C@H](OCC)C(=O)O)cc3)nc(C3CC3)nc12. The van der Waals surface area contributed by atoms with Crippen LogP contribution in [-0.2, 0) is 29.4 Å². The van der Waals surface area contributed by atoms with E-state index in [1.165, 1.54) is 0 Å². The van der Waals surface area contributed by atoms with Crippen molar-refractivity contribution in [3.05, 3.63) is 41.3 Å². The largest absolute Gasteiger partial charge is 0.490 e. The molecule has 9 heteroatoms. The molecule has 1 aromatic carbocycles. The highest BCUT2D eigenvalue weighted by molar-refractivity contribution is 5.82. The van der Waals surface area contributed by atoms with Crippen molar-refractivity contribution >= 4 is 17.0 Å². The minimum atomic E-state index is -0.960. The van der Waals surface area contributed by atoms with Gasteiger partial charge in [-0.05, 0) is 43.9 Å². The molecule has 0 saturated heterocycles. The van der Waals surface area contributed by atoms with Crippen molar-refractivity contribution in [3.63, 3.8) is 0 Å². The van der Waals surface area contributed by atoms with Crippen LogP contribution in [0, 0.1) is 0 Å². The maximum atomic E-state index is 11.3. The molecule has 4 rings (SSSR count). The summed E-state index contributed by atoms with van der Waals surface area (Å²) in [6.07, 6.45) is 3.57. The topological polar surface area (TPSA) is 109 Å². The molecule has 2 heterocycles. The van der Waals surface area contributed by atoms with Gasteiger partial charge in [0.25, 0.3) is 0 Å². The third kappa shape index (κ3) is 5.64. The Labute approximate surface area is 199 Å². The van der Waals surface area contributed by atoms with Gasteiger partial charge in [0.05, 0.1) is 5.69 Å². The lowest BCUT2D eigenvalue weighted by atomic mass is 10.1. The highest BCUT2D eigenvalue weighted by atomic mass is 16.5. The fourth-order valence-electron chi connectivity index (χ4n) is 3.90. The third-order valence-electron chi connectivity index (χ3n) is 5.74. The minimum absolute atomic E-state index is 0.310. The number of hydrogen-bond acceptors (Lipinski definition) is 7. The van der Waals surface area contributed by atoms with Gasteiger partial charge in [0, 0.05) is 26.0 Å². The van der Waals surface area contributed by atoms with Gasteiger partial charge in [-0.15, -0.1) is 0 Å². The predicted octanol–water partition coefficient (Wildman–Crippen LogP) is 3.68. The number of hydrogen-bond donors (Lipinski definition) is 1. The summed E-state index contributed by atoms with van der Waals surface area (Å²) < 4.78 is 18.9. The first-order chi connectivity index (χ1) is 16.5. The van der Waals surface area contributed by atoms with E-state index in [9.17, 15) is 9.90 Å². The van der Waals surface area contributed by atoms with Crippen molar-refractivity contribution in [1.29, 1.82) is 0 Å². The van der Waals surface area contributed by atoms with Gasteiger partial charge < -0.3 is 19.3 Å². The number of fused-ring (bicyclic) bond motifs is 1. The van der Waals surface area contributed by atoms with Gasteiger partial charge in [-0.3, -0.25) is 4.68 Å². The number of carboxylic acids is 1. The number of aromatic nitrogens is 4. The van der Waals surface area contributed by atoms with Gasteiger partial charge in [0.2, 0.25) is 5.88 Å². The minimum Gasteiger partial charge on any atom is -0.490 e. The molecule has 1 atom stereocenters. The quantitative estimate of drug-likeness (QED) is 0.379. The van der Waals surface area contributed by atoms with E-state index < -0.39 is 12.1 Å². The molecular weight excluding hydrogens is 436 g/mol. The Morgan fingerprint density at radius 2 is 1.88 bits per heavy atom. The Hall–Kier alpha value is -3.20. The van der Waals surface area contributed by atoms with Crippen LogP contribution in [0.4, 0.5) is 0 Å². The molecule has 1 fully saturated rings. The fraction of sp³-hybridized carbons (Fsp3) is 0.520. The molecule has 34 heavy (non-hydrogen) atoms. The summed E-state index contributed by atoms with van der Waals surface area (Å²) in [5, 5.41) is 13.9. The first-order valence-electron chi connectivity index (χ1n) is 11.9. The lowest BCUT2D eigenvalue weighted by Crippen LogP contribution is -2.26. The van der Waals surface area contributed by atoms with Crippen molar-refractivity contribution in [2.75, 3.05) is 19.8 Å². The molecule has 2 aromatic heterocycles. The van der Waals surface area contributed by atoms with Gasteiger partial charge >= 0.3 is 5.97 Å². The lowest BCUT2D eigenvalue weighted by Gasteiger charge is -2.13. The normalized spacial score (nSPS) is 14.3. The van der Waals surface area contributed by atoms with Crippen LogP contribution in [0.1, 0.15) is 56.1 Å². The van der Waals surface area contributed by atoms with E-state index in [-0.39, 0.29) is 0 Å². The number of aryl methyl sites for hydroxylation is 2. The van der Waals surface area contributed by atoms with E-state index in [1.54, 1.807) is 11.6 Å². The van der Waals surface area contributed by atoms with Crippen LogP contribution in [0.2, 0.25) is 0 Å². The van der Waals surface area contributed by atoms with Gasteiger partial charge in [-0.1, -0.05) is 25.5 Å². The molecule has 1 saturated carbocycles. The number of ether oxygens (including phenoxy) is 3. The second-order valence-electron chi connectivity index (χ2n) is 8.51. The zero-order valence-corrected chi connectivity index (χ0v) is 20.0. The molecule has 3 aromatic rings. The van der Waals surface area contributed by atoms with E-state index in [0.717, 1.165) is 53.8 Å². The molecule has 0 aliphatic heterocycles. The average molecular weight is 469 g/mol. The molecule has 0 bridgehead atoms. The summed E-state index contributed by atoms with van der Waals surface area (Å²) in [4.78, 5) is 20.8. The summed E-state index contributed by atoms with van der Waals surface area (Å²) in [5.41, 5.74) is 3.57. The predicted molar refractivity (Wildman–Crippen MR) is 126 cm³/mol. The van der Waals surface area contributed by atoms with Gasteiger partial charge in [0.15, 0.2) is 6.10 Å². The van der Waals surface area contributed by atoms with Crippen molar-refractivity contribution < 1.29 is 24.1 Å². The van der Waals surface area contributed by atoms with Crippen LogP contribution in [0.3, 0.4) is 0 Å². The summed E-state index contributed by atoms with van der Waals surface area (Å²) in [5.74, 6) is 1.54. The number of benzene rings is 1. The molecule has 9 nitrogen and oxygen atoms in total. The average Bonchev–Trinajstić information content (AvgIpc) is 3.62. The number of carbonyl (C=O) groups is 1. The van der Waals surface area contributed by atoms with Crippen LogP contribution in [0.5, 0.6) is 11.6 Å². The Kier molecular flexibility index (Phi) is 7.62. The van der Waals surface area contributed by atoms with Gasteiger partial charge in [-0.2, -0.15) is 10.1 Å². The van der Waals surface area contributed by atoms with Crippen LogP contribution >= 0.6 is 0 Å². The van der Waals surface area contributed by atoms with Crippen LogP contribution < -0.4 is 9.47 Å². The van der Waals surface area contributed by atoms with Crippen molar-refractivity contribution in [3.8, 4) is 11.6 Å². The van der Waals surface area contributed by atoms with Crippen molar-refractivity contribution in [1.82, 2.24) is 19.7 Å². The zero-order chi connectivity index (χ0) is 24.1. The molecule has 1 N–H and O–H groups in total. The van der Waals surface area contributed by atoms with E-state index in [2.05, 4.69) is 12.0 Å². The molecule has 1 aliphatic rings. The number of rotatable bonds is 13. The Bertz CT molecular complexity index is 1120.